The fourth-order valence-corrected chi connectivity index (χ4v) is 5.84. The van der Waals surface area contributed by atoms with E-state index in [1.165, 1.54) is 36.8 Å². The lowest BCUT2D eigenvalue weighted by atomic mass is 9.81. The van der Waals surface area contributed by atoms with Crippen LogP contribution in [-0.4, -0.2) is 36.5 Å². The second-order valence-electron chi connectivity index (χ2n) is 9.25. The standard InChI is InChI=1S/C26H32N2O/c29-26(27-16-15-19-7-3-1-4-8-19)25-23-17-28(18-24(23)25)22-13-11-21(12-14-22)20-9-5-2-6-10-20/h1-10,21-25H,11-18H2,(H,27,29)/t21?,22?,23-,24+,25?. The molecule has 2 saturated carbocycles. The van der Waals surface area contributed by atoms with Crippen LogP contribution in [0.1, 0.15) is 42.7 Å². The molecule has 1 saturated heterocycles. The predicted octanol–water partition coefficient (Wildman–Crippen LogP) is 4.25. The number of amides is 1. The Morgan fingerprint density at radius 1 is 0.862 bits per heavy atom. The van der Waals surface area contributed by atoms with E-state index in [1.54, 1.807) is 0 Å². The summed E-state index contributed by atoms with van der Waals surface area (Å²) in [7, 11) is 0. The summed E-state index contributed by atoms with van der Waals surface area (Å²) in [6, 6.07) is 22.2. The molecule has 0 bridgehead atoms. The zero-order valence-electron chi connectivity index (χ0n) is 17.2. The summed E-state index contributed by atoms with van der Waals surface area (Å²) in [6.45, 7) is 3.04. The molecule has 1 N–H and O–H groups in total. The summed E-state index contributed by atoms with van der Waals surface area (Å²) in [5.41, 5.74) is 2.81. The monoisotopic (exact) mass is 388 g/mol. The smallest absolute Gasteiger partial charge is 0.223 e. The molecule has 3 nitrogen and oxygen atoms in total. The highest BCUT2D eigenvalue weighted by Crippen LogP contribution is 2.53. The number of nitrogens with one attached hydrogen (secondary N) is 1. The number of carbonyl (C=O) groups is 1. The Balaban J connectivity index is 1.04. The van der Waals surface area contributed by atoms with Crippen molar-refractivity contribution in [3.8, 4) is 0 Å². The van der Waals surface area contributed by atoms with Crippen molar-refractivity contribution in [3.63, 3.8) is 0 Å². The number of fused-ring (bicyclic) bond motifs is 1. The van der Waals surface area contributed by atoms with Crippen LogP contribution in [0.15, 0.2) is 60.7 Å². The van der Waals surface area contributed by atoms with Crippen molar-refractivity contribution in [2.75, 3.05) is 19.6 Å². The maximum atomic E-state index is 12.6. The van der Waals surface area contributed by atoms with Gasteiger partial charge in [-0.15, -0.1) is 0 Å². The van der Waals surface area contributed by atoms with Crippen LogP contribution in [0.5, 0.6) is 0 Å². The molecule has 5 rings (SSSR count). The predicted molar refractivity (Wildman–Crippen MR) is 117 cm³/mol. The average Bonchev–Trinajstić information content (AvgIpc) is 3.29. The maximum Gasteiger partial charge on any atom is 0.223 e. The number of likely N-dealkylation sites (tertiary alicyclic amines) is 1. The minimum absolute atomic E-state index is 0.280. The first-order chi connectivity index (χ1) is 14.3. The fourth-order valence-electron chi connectivity index (χ4n) is 5.84. The molecule has 3 atom stereocenters. The van der Waals surface area contributed by atoms with Crippen LogP contribution in [0.2, 0.25) is 0 Å². The number of hydrogen-bond donors (Lipinski definition) is 1. The maximum absolute atomic E-state index is 12.6. The minimum atomic E-state index is 0.280. The summed E-state index contributed by atoms with van der Waals surface area (Å²) < 4.78 is 0. The van der Waals surface area contributed by atoms with Crippen molar-refractivity contribution in [2.24, 2.45) is 17.8 Å². The molecule has 2 aliphatic carbocycles. The zero-order valence-corrected chi connectivity index (χ0v) is 17.2. The van der Waals surface area contributed by atoms with Gasteiger partial charge in [0.1, 0.15) is 0 Å². The van der Waals surface area contributed by atoms with E-state index in [0.717, 1.165) is 38.0 Å². The van der Waals surface area contributed by atoms with Gasteiger partial charge in [-0.25, -0.2) is 0 Å². The molecule has 1 unspecified atom stereocenters. The van der Waals surface area contributed by atoms with Crippen molar-refractivity contribution in [2.45, 2.75) is 44.1 Å². The lowest BCUT2D eigenvalue weighted by Gasteiger charge is -2.36. The van der Waals surface area contributed by atoms with E-state index < -0.39 is 0 Å². The van der Waals surface area contributed by atoms with Crippen LogP contribution < -0.4 is 5.32 Å². The summed E-state index contributed by atoms with van der Waals surface area (Å²) in [5, 5.41) is 3.18. The molecule has 2 aromatic rings. The van der Waals surface area contributed by atoms with Gasteiger partial charge in [-0.1, -0.05) is 60.7 Å². The molecular weight excluding hydrogens is 356 g/mol. The number of rotatable bonds is 6. The Morgan fingerprint density at radius 3 is 2.14 bits per heavy atom. The molecule has 0 spiro atoms. The van der Waals surface area contributed by atoms with Crippen LogP contribution >= 0.6 is 0 Å². The van der Waals surface area contributed by atoms with Gasteiger partial charge in [0.25, 0.3) is 0 Å². The van der Waals surface area contributed by atoms with Gasteiger partial charge >= 0.3 is 0 Å². The molecule has 29 heavy (non-hydrogen) atoms. The minimum Gasteiger partial charge on any atom is -0.356 e. The molecule has 1 heterocycles. The van der Waals surface area contributed by atoms with Crippen molar-refractivity contribution in [3.05, 3.63) is 71.8 Å². The first-order valence-corrected chi connectivity index (χ1v) is 11.4. The third-order valence-electron chi connectivity index (χ3n) is 7.56. The van der Waals surface area contributed by atoms with Gasteiger partial charge in [0.15, 0.2) is 0 Å². The van der Waals surface area contributed by atoms with Gasteiger partial charge in [0.2, 0.25) is 5.91 Å². The number of carbonyl (C=O) groups excluding carboxylic acids is 1. The number of nitrogens with zero attached hydrogens (tertiary/aromatic N) is 1. The molecular formula is C26H32N2O. The van der Waals surface area contributed by atoms with Gasteiger partial charge in [0.05, 0.1) is 0 Å². The fraction of sp³-hybridized carbons (Fsp3) is 0.500. The molecule has 1 amide bonds. The third-order valence-corrected chi connectivity index (χ3v) is 7.56. The van der Waals surface area contributed by atoms with Crippen molar-refractivity contribution < 1.29 is 4.79 Å². The van der Waals surface area contributed by atoms with Crippen LogP contribution in [0, 0.1) is 17.8 Å². The van der Waals surface area contributed by atoms with Gasteiger partial charge in [-0.3, -0.25) is 9.69 Å². The van der Waals surface area contributed by atoms with E-state index in [9.17, 15) is 4.79 Å². The van der Waals surface area contributed by atoms with Crippen LogP contribution in [0.3, 0.4) is 0 Å². The first kappa shape index (κ1) is 18.9. The first-order valence-electron chi connectivity index (χ1n) is 11.4. The van der Waals surface area contributed by atoms with E-state index in [2.05, 4.69) is 64.8 Å². The molecule has 2 aromatic carbocycles. The zero-order chi connectivity index (χ0) is 19.6. The summed E-state index contributed by atoms with van der Waals surface area (Å²) in [4.78, 5) is 15.3. The van der Waals surface area contributed by atoms with Crippen molar-refractivity contribution in [1.29, 1.82) is 0 Å². The molecule has 152 valence electrons. The van der Waals surface area contributed by atoms with Gasteiger partial charge in [0, 0.05) is 31.6 Å². The van der Waals surface area contributed by atoms with Gasteiger partial charge in [-0.2, -0.15) is 0 Å². The topological polar surface area (TPSA) is 32.3 Å². The Kier molecular flexibility index (Phi) is 5.41. The van der Waals surface area contributed by atoms with E-state index in [4.69, 9.17) is 0 Å². The Labute approximate surface area is 174 Å². The highest BCUT2D eigenvalue weighted by molar-refractivity contribution is 5.82. The SMILES string of the molecule is O=C(NCCc1ccccc1)C1[C@H]2CN(C3CCC(c4ccccc4)CC3)C[C@@H]12. The quantitative estimate of drug-likeness (QED) is 0.802. The van der Waals surface area contributed by atoms with E-state index in [0.29, 0.717) is 17.7 Å². The second-order valence-corrected chi connectivity index (χ2v) is 9.25. The number of hydrogen-bond acceptors (Lipinski definition) is 2. The number of benzene rings is 2. The van der Waals surface area contributed by atoms with E-state index in [-0.39, 0.29) is 5.92 Å². The molecule has 0 aromatic heterocycles. The Hall–Kier alpha value is -2.13. The lowest BCUT2D eigenvalue weighted by molar-refractivity contribution is -0.123. The average molecular weight is 389 g/mol. The van der Waals surface area contributed by atoms with E-state index in [1.807, 2.05) is 6.07 Å². The van der Waals surface area contributed by atoms with Crippen molar-refractivity contribution in [1.82, 2.24) is 10.2 Å². The Morgan fingerprint density at radius 2 is 1.48 bits per heavy atom. The second kappa shape index (κ2) is 8.31. The normalized spacial score (nSPS) is 31.2. The van der Waals surface area contributed by atoms with Crippen molar-refractivity contribution >= 4 is 5.91 Å². The largest absolute Gasteiger partial charge is 0.356 e. The van der Waals surface area contributed by atoms with Crippen LogP contribution in [-0.2, 0) is 11.2 Å². The van der Waals surface area contributed by atoms with E-state index >= 15 is 0 Å². The highest BCUT2D eigenvalue weighted by atomic mass is 16.2. The van der Waals surface area contributed by atoms with Crippen LogP contribution in [0.25, 0.3) is 0 Å². The molecule has 3 aliphatic rings. The molecule has 0 radical (unpaired) electrons. The molecule has 3 fully saturated rings. The molecule has 3 heteroatoms. The highest BCUT2D eigenvalue weighted by Gasteiger charge is 2.59. The number of piperidine rings is 1. The molecule has 1 aliphatic heterocycles. The lowest BCUT2D eigenvalue weighted by Crippen LogP contribution is -2.39. The third kappa shape index (κ3) is 4.11. The summed E-state index contributed by atoms with van der Waals surface area (Å²) in [5.74, 6) is 2.54. The summed E-state index contributed by atoms with van der Waals surface area (Å²) in [6.07, 6.45) is 6.17. The summed E-state index contributed by atoms with van der Waals surface area (Å²) >= 11 is 0. The van der Waals surface area contributed by atoms with Gasteiger partial charge in [-0.05, 0) is 61.0 Å². The van der Waals surface area contributed by atoms with Gasteiger partial charge < -0.3 is 5.32 Å². The Bertz CT molecular complexity index is 801. The van der Waals surface area contributed by atoms with Crippen LogP contribution in [0.4, 0.5) is 0 Å².